The average molecular weight is 786 g/mol. The molecule has 7 atom stereocenters. The van der Waals surface area contributed by atoms with Gasteiger partial charge in [0.25, 0.3) is 5.91 Å². The zero-order valence-corrected chi connectivity index (χ0v) is 33.9. The van der Waals surface area contributed by atoms with Gasteiger partial charge >= 0.3 is 6.09 Å². The van der Waals surface area contributed by atoms with Crippen LogP contribution in [0.5, 0.6) is 0 Å². The lowest BCUT2D eigenvalue weighted by Gasteiger charge is -2.43. The maximum Gasteiger partial charge on any atom is 0.408 e. The van der Waals surface area contributed by atoms with Gasteiger partial charge in [0.15, 0.2) is 6.29 Å². The Morgan fingerprint density at radius 2 is 1.57 bits per heavy atom. The van der Waals surface area contributed by atoms with Gasteiger partial charge in [0.1, 0.15) is 12.6 Å². The van der Waals surface area contributed by atoms with Crippen molar-refractivity contribution in [1.29, 1.82) is 0 Å². The van der Waals surface area contributed by atoms with E-state index in [-0.39, 0.29) is 50.2 Å². The predicted octanol–water partition coefficient (Wildman–Crippen LogP) is 8.09. The highest BCUT2D eigenvalue weighted by Gasteiger charge is 2.51. The van der Waals surface area contributed by atoms with Crippen LogP contribution in [0.15, 0.2) is 103 Å². The molecule has 1 aliphatic carbocycles. The lowest BCUT2D eigenvalue weighted by atomic mass is 9.65. The summed E-state index contributed by atoms with van der Waals surface area (Å²) >= 11 is 0. The maximum atomic E-state index is 13.2. The van der Waals surface area contributed by atoms with Crippen LogP contribution in [0, 0.1) is 16.7 Å². The summed E-state index contributed by atoms with van der Waals surface area (Å²) in [7, 11) is 0. The molecule has 2 N–H and O–H groups in total. The lowest BCUT2D eigenvalue weighted by molar-refractivity contribution is -0.276. The van der Waals surface area contributed by atoms with Gasteiger partial charge in [0, 0.05) is 30.6 Å². The number of carbonyl (C=O) groups is 3. The van der Waals surface area contributed by atoms with Gasteiger partial charge in [-0.25, -0.2) is 4.79 Å². The van der Waals surface area contributed by atoms with Crippen LogP contribution in [-0.2, 0) is 43.6 Å². The largest absolute Gasteiger partial charge is 0.445 e. The van der Waals surface area contributed by atoms with Crippen molar-refractivity contribution in [3.63, 3.8) is 0 Å². The number of likely N-dealkylation sites (tertiary alicyclic amines) is 2. The number of fused-ring (bicyclic) bond motifs is 2. The van der Waals surface area contributed by atoms with Crippen molar-refractivity contribution in [2.45, 2.75) is 104 Å². The fraction of sp³-hybridized carbons (Fsp3) is 0.438. The lowest BCUT2D eigenvalue weighted by Crippen LogP contribution is -2.46. The van der Waals surface area contributed by atoms with Gasteiger partial charge in [0.05, 0.1) is 31.8 Å². The Morgan fingerprint density at radius 1 is 0.845 bits per heavy atom. The molecule has 0 aromatic heterocycles. The number of carbonyl (C=O) groups excluding carboxylic acids is 3. The van der Waals surface area contributed by atoms with Gasteiger partial charge in [-0.1, -0.05) is 125 Å². The first-order valence-electron chi connectivity index (χ1n) is 20.6. The quantitative estimate of drug-likeness (QED) is 0.147. The van der Waals surface area contributed by atoms with E-state index in [2.05, 4.69) is 74.3 Å². The minimum Gasteiger partial charge on any atom is -0.445 e. The van der Waals surface area contributed by atoms with Gasteiger partial charge in [-0.2, -0.15) is 0 Å². The monoisotopic (exact) mass is 785 g/mol. The van der Waals surface area contributed by atoms with Crippen molar-refractivity contribution in [2.24, 2.45) is 16.7 Å². The summed E-state index contributed by atoms with van der Waals surface area (Å²) < 4.78 is 19.0. The number of imide groups is 1. The summed E-state index contributed by atoms with van der Waals surface area (Å²) in [6.07, 6.45) is 2.03. The molecule has 8 rings (SSSR count). The highest BCUT2D eigenvalue weighted by Crippen LogP contribution is 2.53. The minimum absolute atomic E-state index is 0.00317. The first-order valence-corrected chi connectivity index (χ1v) is 20.6. The molecule has 4 fully saturated rings. The summed E-state index contributed by atoms with van der Waals surface area (Å²) in [6.45, 7) is 11.6. The van der Waals surface area contributed by atoms with E-state index in [1.807, 2.05) is 66.7 Å². The normalized spacial score (nSPS) is 28.1. The predicted molar refractivity (Wildman–Crippen MR) is 220 cm³/mol. The minimum atomic E-state index is -0.969. The second-order valence-corrected chi connectivity index (χ2v) is 18.1. The van der Waals surface area contributed by atoms with E-state index in [0.29, 0.717) is 16.9 Å². The van der Waals surface area contributed by atoms with Crippen molar-refractivity contribution in [3.8, 4) is 11.1 Å². The second-order valence-electron chi connectivity index (χ2n) is 18.1. The molecular weight excluding hydrogens is 731 g/mol. The van der Waals surface area contributed by atoms with Crippen molar-refractivity contribution >= 4 is 17.9 Å². The fourth-order valence-corrected chi connectivity index (χ4v) is 10.1. The number of aliphatic hydroxyl groups is 1. The van der Waals surface area contributed by atoms with Crippen LogP contribution in [0.4, 0.5) is 4.79 Å². The molecule has 4 aliphatic rings. The average Bonchev–Trinajstić information content (AvgIpc) is 3.61. The molecule has 4 aromatic carbocycles. The summed E-state index contributed by atoms with van der Waals surface area (Å²) in [6, 6.07) is 32.9. The third-order valence-electron chi connectivity index (χ3n) is 12.6. The Bertz CT molecular complexity index is 2110. The first kappa shape index (κ1) is 39.9. The Hall–Kier alpha value is -4.87. The molecule has 7 unspecified atom stereocenters. The van der Waals surface area contributed by atoms with Gasteiger partial charge in [-0.3, -0.25) is 19.4 Å². The number of aliphatic hydroxyl groups excluding tert-OH is 1. The molecule has 0 spiro atoms. The summed E-state index contributed by atoms with van der Waals surface area (Å²) in [4.78, 5) is 42.5. The van der Waals surface area contributed by atoms with Gasteiger partial charge in [-0.15, -0.1) is 0 Å². The van der Waals surface area contributed by atoms with Crippen LogP contribution in [0.2, 0.25) is 0 Å². The van der Waals surface area contributed by atoms with Crippen LogP contribution >= 0.6 is 0 Å². The van der Waals surface area contributed by atoms with Gasteiger partial charge in [0.2, 0.25) is 5.91 Å². The van der Waals surface area contributed by atoms with Gasteiger partial charge < -0.3 is 24.6 Å². The van der Waals surface area contributed by atoms with Crippen molar-refractivity contribution in [3.05, 3.63) is 131 Å². The summed E-state index contributed by atoms with van der Waals surface area (Å²) in [5.74, 6) is -0.694. The maximum absolute atomic E-state index is 13.2. The number of amides is 3. The molecule has 304 valence electrons. The third kappa shape index (κ3) is 8.76. The van der Waals surface area contributed by atoms with Gasteiger partial charge in [-0.05, 0) is 69.5 Å². The van der Waals surface area contributed by atoms with Crippen LogP contribution in [0.3, 0.4) is 0 Å². The van der Waals surface area contributed by atoms with E-state index in [1.165, 1.54) is 24.2 Å². The van der Waals surface area contributed by atoms with E-state index in [9.17, 15) is 19.5 Å². The Kier molecular flexibility index (Phi) is 11.3. The number of ether oxygens (including phenoxy) is 3. The molecule has 10 heteroatoms. The second kappa shape index (κ2) is 16.4. The molecule has 2 bridgehead atoms. The smallest absolute Gasteiger partial charge is 0.408 e. The van der Waals surface area contributed by atoms with E-state index >= 15 is 0 Å². The third-order valence-corrected chi connectivity index (χ3v) is 12.6. The fourth-order valence-electron chi connectivity index (χ4n) is 10.1. The van der Waals surface area contributed by atoms with E-state index in [4.69, 9.17) is 14.2 Å². The molecule has 3 saturated heterocycles. The highest BCUT2D eigenvalue weighted by atomic mass is 16.7. The number of alkyl carbamates (subject to hydrolysis) is 1. The number of nitrogens with one attached hydrogen (secondary N) is 1. The molecule has 1 saturated carbocycles. The van der Waals surface area contributed by atoms with E-state index in [1.54, 1.807) is 0 Å². The summed E-state index contributed by atoms with van der Waals surface area (Å²) in [5, 5.41) is 12.3. The number of nitrogens with zero attached hydrogens (tertiary/aromatic N) is 2. The molecule has 3 heterocycles. The zero-order valence-electron chi connectivity index (χ0n) is 33.9. The molecule has 3 aliphatic heterocycles. The topological polar surface area (TPSA) is 118 Å². The van der Waals surface area contributed by atoms with Crippen molar-refractivity contribution < 1.29 is 33.7 Å². The molecule has 0 radical (unpaired) electrons. The number of hydrogen-bond donors (Lipinski definition) is 2. The van der Waals surface area contributed by atoms with E-state index in [0.717, 1.165) is 52.0 Å². The molecule has 58 heavy (non-hydrogen) atoms. The first-order chi connectivity index (χ1) is 27.8. The molecular formula is C48H55N3O7. The van der Waals surface area contributed by atoms with Crippen LogP contribution in [0.25, 0.3) is 11.1 Å². The molecule has 10 nitrogen and oxygen atoms in total. The zero-order chi connectivity index (χ0) is 40.6. The Morgan fingerprint density at radius 3 is 2.31 bits per heavy atom. The van der Waals surface area contributed by atoms with Crippen LogP contribution in [0.1, 0.15) is 93.6 Å². The standard InChI is InChI=1S/C48H55N3O7/c1-31-41(26-50-30-48(4)24-39(50)23-47(2,3)29-48)57-45(58-43(31)36-15-13-32(27-52)14-16-36)37-19-17-35(18-20-37)38-12-8-11-34(21-38)25-51-42(53)22-40(44(51)54)49-46(55)56-28-33-9-6-5-7-10-33/h5-21,31,39-41,43,45,52H,22-30H2,1-4H3,(H,49,55). The Labute approximate surface area is 341 Å². The highest BCUT2D eigenvalue weighted by molar-refractivity contribution is 6.06. The number of benzene rings is 4. The van der Waals surface area contributed by atoms with Crippen molar-refractivity contribution in [1.82, 2.24) is 15.1 Å². The Balaban J connectivity index is 0.946. The molecule has 3 amide bonds. The van der Waals surface area contributed by atoms with Crippen LogP contribution in [-0.4, -0.2) is 64.1 Å². The SMILES string of the molecule is CC1C(CN2CC3(C)CC2CC(C)(C)C3)OC(c2ccc(-c3cccc(CN4C(=O)CC(NC(=O)OCc5ccccc5)C4=O)c3)cc2)OC1c1ccc(CO)cc1. The van der Waals surface area contributed by atoms with E-state index < -0.39 is 24.3 Å². The van der Waals surface area contributed by atoms with Crippen LogP contribution < -0.4 is 5.32 Å². The number of rotatable bonds is 11. The van der Waals surface area contributed by atoms with Crippen molar-refractivity contribution in [2.75, 3.05) is 13.1 Å². The summed E-state index contributed by atoms with van der Waals surface area (Å²) in [5.41, 5.74) is 7.06. The number of hydrogen-bond acceptors (Lipinski definition) is 8. The molecule has 4 aromatic rings.